The van der Waals surface area contributed by atoms with Crippen molar-refractivity contribution in [3.63, 3.8) is 0 Å². The molecule has 106 valence electrons. The van der Waals surface area contributed by atoms with Gasteiger partial charge in [0.1, 0.15) is 0 Å². The number of halogens is 1. The van der Waals surface area contributed by atoms with Gasteiger partial charge >= 0.3 is 0 Å². The Balaban J connectivity index is 2.16. The molecule has 1 aliphatic heterocycles. The second-order valence-electron chi connectivity index (χ2n) is 5.83. The third-order valence-electron chi connectivity index (χ3n) is 4.30. The van der Waals surface area contributed by atoms with Crippen LogP contribution in [0.5, 0.6) is 0 Å². The van der Waals surface area contributed by atoms with E-state index in [2.05, 4.69) is 30.0 Å². The van der Waals surface area contributed by atoms with Crippen LogP contribution in [0.15, 0.2) is 18.2 Å². The number of hydrogen-bond acceptors (Lipinski definition) is 2. The van der Waals surface area contributed by atoms with E-state index in [4.69, 9.17) is 17.3 Å². The lowest BCUT2D eigenvalue weighted by Gasteiger charge is -2.30. The fraction of sp³-hybridized carbons (Fsp3) is 0.625. The molecule has 3 heteroatoms. The van der Waals surface area contributed by atoms with Crippen molar-refractivity contribution in [2.75, 3.05) is 19.6 Å². The smallest absolute Gasteiger partial charge is 0.0470 e. The number of likely N-dealkylation sites (tertiary alicyclic amines) is 1. The van der Waals surface area contributed by atoms with Crippen molar-refractivity contribution < 1.29 is 0 Å². The molecule has 0 radical (unpaired) electrons. The molecule has 0 aliphatic carbocycles. The number of hydrogen-bond donors (Lipinski definition) is 1. The fourth-order valence-corrected chi connectivity index (χ4v) is 3.10. The third-order valence-corrected chi connectivity index (χ3v) is 4.70. The summed E-state index contributed by atoms with van der Waals surface area (Å²) in [5.41, 5.74) is 8.41. The molecule has 0 bridgehead atoms. The Morgan fingerprint density at radius 2 is 2.16 bits per heavy atom. The predicted molar refractivity (Wildman–Crippen MR) is 82.6 cm³/mol. The molecule has 2 atom stereocenters. The van der Waals surface area contributed by atoms with Crippen molar-refractivity contribution >= 4 is 11.6 Å². The van der Waals surface area contributed by atoms with E-state index < -0.39 is 0 Å². The normalized spacial score (nSPS) is 23.1. The molecule has 1 saturated heterocycles. The van der Waals surface area contributed by atoms with Crippen LogP contribution in [-0.2, 0) is 0 Å². The molecule has 1 aromatic carbocycles. The first-order chi connectivity index (χ1) is 9.11. The lowest BCUT2D eigenvalue weighted by molar-refractivity contribution is 0.207. The summed E-state index contributed by atoms with van der Waals surface area (Å²) in [6.07, 6.45) is 3.88. The zero-order valence-corrected chi connectivity index (χ0v) is 12.8. The van der Waals surface area contributed by atoms with Gasteiger partial charge in [-0.05, 0) is 62.4 Å². The van der Waals surface area contributed by atoms with E-state index in [1.165, 1.54) is 24.8 Å². The minimum atomic E-state index is 0.309. The predicted octanol–water partition coefficient (Wildman–Crippen LogP) is 3.77. The first-order valence-electron chi connectivity index (χ1n) is 7.32. The summed E-state index contributed by atoms with van der Waals surface area (Å²) in [6.45, 7) is 7.35. The van der Waals surface area contributed by atoms with Crippen LogP contribution in [0.25, 0.3) is 0 Å². The van der Waals surface area contributed by atoms with Crippen molar-refractivity contribution in [3.8, 4) is 0 Å². The van der Waals surface area contributed by atoms with E-state index in [-0.39, 0.29) is 0 Å². The van der Waals surface area contributed by atoms with Crippen molar-refractivity contribution in [3.05, 3.63) is 34.3 Å². The average molecular weight is 281 g/mol. The molecule has 1 aliphatic rings. The lowest BCUT2D eigenvalue weighted by atomic mass is 10.0. The molecule has 2 unspecified atom stereocenters. The van der Waals surface area contributed by atoms with Crippen LogP contribution in [0.4, 0.5) is 0 Å². The topological polar surface area (TPSA) is 29.3 Å². The second-order valence-corrected chi connectivity index (χ2v) is 6.24. The van der Waals surface area contributed by atoms with Gasteiger partial charge in [-0.2, -0.15) is 0 Å². The molecular formula is C16H25ClN2. The Labute approximate surface area is 121 Å². The summed E-state index contributed by atoms with van der Waals surface area (Å²) in [7, 11) is 0. The Hall–Kier alpha value is -0.570. The molecule has 0 saturated carbocycles. The van der Waals surface area contributed by atoms with Crippen LogP contribution >= 0.6 is 11.6 Å². The van der Waals surface area contributed by atoms with Crippen LogP contribution in [0.1, 0.15) is 43.4 Å². The monoisotopic (exact) mass is 280 g/mol. The van der Waals surface area contributed by atoms with E-state index >= 15 is 0 Å². The summed E-state index contributed by atoms with van der Waals surface area (Å²) in [5, 5.41) is 0.846. The second kappa shape index (κ2) is 6.74. The summed E-state index contributed by atoms with van der Waals surface area (Å²) >= 11 is 6.25. The summed E-state index contributed by atoms with van der Waals surface area (Å²) < 4.78 is 0. The lowest BCUT2D eigenvalue weighted by Crippen LogP contribution is -2.34. The summed E-state index contributed by atoms with van der Waals surface area (Å²) in [6, 6.07) is 6.67. The minimum absolute atomic E-state index is 0.309. The fourth-order valence-electron chi connectivity index (χ4n) is 2.91. The average Bonchev–Trinajstić information content (AvgIpc) is 2.60. The molecule has 2 N–H and O–H groups in total. The first-order valence-corrected chi connectivity index (χ1v) is 7.69. The highest BCUT2D eigenvalue weighted by Gasteiger charge is 2.22. The standard InChI is InChI=1S/C16H25ClN2/c1-12-4-3-8-19(9-7-12)16(11-18)14-6-5-13(2)15(17)10-14/h5-6,10,12,16H,3-4,7-9,11,18H2,1-2H3. The highest BCUT2D eigenvalue weighted by atomic mass is 35.5. The molecule has 0 amide bonds. The minimum Gasteiger partial charge on any atom is -0.329 e. The van der Waals surface area contributed by atoms with Gasteiger partial charge in [-0.3, -0.25) is 4.90 Å². The maximum atomic E-state index is 6.25. The van der Waals surface area contributed by atoms with E-state index in [9.17, 15) is 0 Å². The van der Waals surface area contributed by atoms with Gasteiger partial charge < -0.3 is 5.73 Å². The number of rotatable bonds is 3. The van der Waals surface area contributed by atoms with Crippen molar-refractivity contribution in [2.45, 2.75) is 39.2 Å². The molecule has 1 fully saturated rings. The third kappa shape index (κ3) is 3.71. The quantitative estimate of drug-likeness (QED) is 0.913. The van der Waals surface area contributed by atoms with E-state index in [0.717, 1.165) is 29.6 Å². The van der Waals surface area contributed by atoms with Gasteiger partial charge in [-0.15, -0.1) is 0 Å². The van der Waals surface area contributed by atoms with Crippen LogP contribution in [0, 0.1) is 12.8 Å². The summed E-state index contributed by atoms with van der Waals surface area (Å²) in [5.74, 6) is 0.838. The van der Waals surface area contributed by atoms with Crippen molar-refractivity contribution in [2.24, 2.45) is 11.7 Å². The van der Waals surface area contributed by atoms with Gasteiger partial charge in [-0.1, -0.05) is 30.7 Å². The SMILES string of the molecule is Cc1ccc(C(CN)N2CCCC(C)CC2)cc1Cl. The molecule has 0 spiro atoms. The molecule has 19 heavy (non-hydrogen) atoms. The van der Waals surface area contributed by atoms with Crippen LogP contribution < -0.4 is 5.73 Å². The van der Waals surface area contributed by atoms with Crippen molar-refractivity contribution in [1.82, 2.24) is 4.90 Å². The first kappa shape index (κ1) is 14.8. The van der Waals surface area contributed by atoms with E-state index in [0.29, 0.717) is 12.6 Å². The van der Waals surface area contributed by atoms with Crippen LogP contribution in [0.3, 0.4) is 0 Å². The zero-order chi connectivity index (χ0) is 13.8. The zero-order valence-electron chi connectivity index (χ0n) is 12.0. The molecule has 2 nitrogen and oxygen atoms in total. The van der Waals surface area contributed by atoms with E-state index in [1.54, 1.807) is 0 Å². The van der Waals surface area contributed by atoms with Crippen LogP contribution in [0.2, 0.25) is 5.02 Å². The highest BCUT2D eigenvalue weighted by Crippen LogP contribution is 2.28. The molecular weight excluding hydrogens is 256 g/mol. The Morgan fingerprint density at radius 3 is 2.84 bits per heavy atom. The van der Waals surface area contributed by atoms with Gasteiger partial charge in [0.15, 0.2) is 0 Å². The number of aryl methyl sites for hydroxylation is 1. The van der Waals surface area contributed by atoms with Gasteiger partial charge in [-0.25, -0.2) is 0 Å². The maximum absolute atomic E-state index is 6.25. The molecule has 0 aromatic heterocycles. The Kier molecular flexibility index (Phi) is 5.26. The Morgan fingerprint density at radius 1 is 1.37 bits per heavy atom. The van der Waals surface area contributed by atoms with Gasteiger partial charge in [0.05, 0.1) is 0 Å². The number of benzene rings is 1. The molecule has 2 rings (SSSR count). The number of nitrogens with two attached hydrogens (primary N) is 1. The van der Waals surface area contributed by atoms with Gasteiger partial charge in [0, 0.05) is 17.6 Å². The van der Waals surface area contributed by atoms with E-state index in [1.807, 2.05) is 6.92 Å². The van der Waals surface area contributed by atoms with Gasteiger partial charge in [0.2, 0.25) is 0 Å². The molecule has 1 heterocycles. The highest BCUT2D eigenvalue weighted by molar-refractivity contribution is 6.31. The summed E-state index contributed by atoms with van der Waals surface area (Å²) in [4.78, 5) is 2.53. The Bertz CT molecular complexity index is 419. The van der Waals surface area contributed by atoms with Gasteiger partial charge in [0.25, 0.3) is 0 Å². The van der Waals surface area contributed by atoms with Crippen molar-refractivity contribution in [1.29, 1.82) is 0 Å². The maximum Gasteiger partial charge on any atom is 0.0470 e. The molecule has 1 aromatic rings. The largest absolute Gasteiger partial charge is 0.329 e. The number of nitrogens with zero attached hydrogens (tertiary/aromatic N) is 1. The van der Waals surface area contributed by atoms with Crippen LogP contribution in [-0.4, -0.2) is 24.5 Å².